The summed E-state index contributed by atoms with van der Waals surface area (Å²) in [5, 5.41) is 3.84. The van der Waals surface area contributed by atoms with Crippen LogP contribution in [0, 0.1) is 4.77 Å². The lowest BCUT2D eigenvalue weighted by atomic mass is 10.2. The van der Waals surface area contributed by atoms with Crippen molar-refractivity contribution in [3.63, 3.8) is 0 Å². The number of H-pyrrole nitrogens is 1. The summed E-state index contributed by atoms with van der Waals surface area (Å²) in [5.74, 6) is 0.335. The van der Waals surface area contributed by atoms with Crippen LogP contribution in [0.3, 0.4) is 0 Å². The molecular formula is C13H12ClN3S2. The number of aromatic nitrogens is 3. The maximum absolute atomic E-state index is 6.00. The topological polar surface area (TPSA) is 33.6 Å². The van der Waals surface area contributed by atoms with Gasteiger partial charge in [0.15, 0.2) is 4.77 Å². The number of hydrogen-bond acceptors (Lipinski definition) is 3. The molecule has 98 valence electrons. The maximum atomic E-state index is 6.00. The van der Waals surface area contributed by atoms with Crippen LogP contribution in [0.25, 0.3) is 11.0 Å². The van der Waals surface area contributed by atoms with Gasteiger partial charge in [-0.25, -0.2) is 4.98 Å². The highest BCUT2D eigenvalue weighted by Gasteiger charge is 2.12. The summed E-state index contributed by atoms with van der Waals surface area (Å²) in [4.78, 5) is 7.56. The zero-order valence-electron chi connectivity index (χ0n) is 10.3. The second-order valence-electron chi connectivity index (χ2n) is 4.47. The number of imidazole rings is 1. The molecule has 0 aliphatic carbocycles. The van der Waals surface area contributed by atoms with E-state index in [1.807, 2.05) is 29.8 Å². The number of nitrogens with one attached hydrogen (secondary N) is 1. The van der Waals surface area contributed by atoms with Crippen molar-refractivity contribution < 1.29 is 0 Å². The number of nitrogens with zero attached hydrogens (tertiary/aromatic N) is 2. The lowest BCUT2D eigenvalue weighted by molar-refractivity contribution is 0.602. The Bertz CT molecular complexity index is 758. The molecule has 0 fully saturated rings. The third kappa shape index (κ3) is 2.45. The largest absolute Gasteiger partial charge is 0.331 e. The molecule has 0 spiro atoms. The van der Waals surface area contributed by atoms with Crippen molar-refractivity contribution >= 4 is 46.2 Å². The third-order valence-electron chi connectivity index (χ3n) is 3.07. The predicted molar refractivity (Wildman–Crippen MR) is 82.7 cm³/mol. The van der Waals surface area contributed by atoms with Gasteiger partial charge in [-0.15, -0.1) is 11.3 Å². The van der Waals surface area contributed by atoms with Crippen molar-refractivity contribution in [3.05, 3.63) is 44.6 Å². The van der Waals surface area contributed by atoms with Gasteiger partial charge >= 0.3 is 0 Å². The standard InChI is InChI=1S/C13H12ClN3S2/c1-8(12-15-4-5-19-12)7-17-11-3-2-9(14)6-10(11)16-13(17)18/h2-6,8H,7H2,1H3,(H,16,18). The van der Waals surface area contributed by atoms with Crippen LogP contribution in [-0.2, 0) is 6.54 Å². The summed E-state index contributed by atoms with van der Waals surface area (Å²) in [6, 6.07) is 5.78. The van der Waals surface area contributed by atoms with Gasteiger partial charge in [0.05, 0.1) is 16.0 Å². The van der Waals surface area contributed by atoms with Crippen molar-refractivity contribution in [2.45, 2.75) is 19.4 Å². The highest BCUT2D eigenvalue weighted by atomic mass is 35.5. The van der Waals surface area contributed by atoms with E-state index in [2.05, 4.69) is 21.5 Å². The third-order valence-corrected chi connectivity index (χ3v) is 4.63. The smallest absolute Gasteiger partial charge is 0.178 e. The van der Waals surface area contributed by atoms with E-state index in [1.165, 1.54) is 0 Å². The van der Waals surface area contributed by atoms with E-state index >= 15 is 0 Å². The molecule has 6 heteroatoms. The lowest BCUT2D eigenvalue weighted by Gasteiger charge is -2.10. The molecule has 0 radical (unpaired) electrons. The lowest BCUT2D eigenvalue weighted by Crippen LogP contribution is -2.06. The fraction of sp³-hybridized carbons (Fsp3) is 0.231. The minimum absolute atomic E-state index is 0.335. The van der Waals surface area contributed by atoms with Gasteiger partial charge in [-0.3, -0.25) is 0 Å². The van der Waals surface area contributed by atoms with Crippen molar-refractivity contribution in [1.82, 2.24) is 14.5 Å². The molecule has 0 bridgehead atoms. The number of thiazole rings is 1. The van der Waals surface area contributed by atoms with Gasteiger partial charge in [-0.2, -0.15) is 0 Å². The highest BCUT2D eigenvalue weighted by molar-refractivity contribution is 7.71. The molecule has 19 heavy (non-hydrogen) atoms. The van der Waals surface area contributed by atoms with Crippen LogP contribution in [0.1, 0.15) is 17.8 Å². The second-order valence-corrected chi connectivity index (χ2v) is 6.22. The van der Waals surface area contributed by atoms with Crippen LogP contribution in [-0.4, -0.2) is 14.5 Å². The second kappa shape index (κ2) is 5.07. The van der Waals surface area contributed by atoms with Crippen molar-refractivity contribution in [1.29, 1.82) is 0 Å². The molecular weight excluding hydrogens is 298 g/mol. The monoisotopic (exact) mass is 309 g/mol. The van der Waals surface area contributed by atoms with Gasteiger partial charge in [-0.1, -0.05) is 18.5 Å². The molecule has 0 aliphatic heterocycles. The van der Waals surface area contributed by atoms with Gasteiger partial charge in [-0.05, 0) is 30.4 Å². The van der Waals surface area contributed by atoms with E-state index in [-0.39, 0.29) is 0 Å². The summed E-state index contributed by atoms with van der Waals surface area (Å²) in [7, 11) is 0. The van der Waals surface area contributed by atoms with E-state index in [0.29, 0.717) is 10.9 Å². The fourth-order valence-electron chi connectivity index (χ4n) is 2.15. The number of fused-ring (bicyclic) bond motifs is 1. The van der Waals surface area contributed by atoms with Crippen LogP contribution in [0.15, 0.2) is 29.8 Å². The molecule has 0 saturated carbocycles. The molecule has 3 rings (SSSR count). The first kappa shape index (κ1) is 12.8. The Balaban J connectivity index is 2.01. The van der Waals surface area contributed by atoms with Gasteiger partial charge in [0.25, 0.3) is 0 Å². The van der Waals surface area contributed by atoms with E-state index in [9.17, 15) is 0 Å². The van der Waals surface area contributed by atoms with Crippen LogP contribution in [0.4, 0.5) is 0 Å². The normalized spacial score (nSPS) is 12.9. The van der Waals surface area contributed by atoms with Crippen LogP contribution in [0.2, 0.25) is 5.02 Å². The molecule has 1 unspecified atom stereocenters. The van der Waals surface area contributed by atoms with E-state index in [4.69, 9.17) is 23.8 Å². The van der Waals surface area contributed by atoms with Crippen LogP contribution in [0.5, 0.6) is 0 Å². The average molecular weight is 310 g/mol. The van der Waals surface area contributed by atoms with E-state index in [0.717, 1.165) is 27.4 Å². The molecule has 1 N–H and O–H groups in total. The Kier molecular flexibility index (Phi) is 3.43. The van der Waals surface area contributed by atoms with Crippen LogP contribution < -0.4 is 0 Å². The van der Waals surface area contributed by atoms with Crippen molar-refractivity contribution in [2.75, 3.05) is 0 Å². The summed E-state index contributed by atoms with van der Waals surface area (Å²) in [6.45, 7) is 2.98. The number of halogens is 1. The molecule has 1 aromatic carbocycles. The molecule has 2 aromatic heterocycles. The zero-order chi connectivity index (χ0) is 13.4. The minimum atomic E-state index is 0.335. The molecule has 2 heterocycles. The summed E-state index contributed by atoms with van der Waals surface area (Å²) in [6.07, 6.45) is 1.84. The average Bonchev–Trinajstić information content (AvgIpc) is 2.98. The number of rotatable bonds is 3. The van der Waals surface area contributed by atoms with Crippen molar-refractivity contribution in [2.24, 2.45) is 0 Å². The van der Waals surface area contributed by atoms with E-state index in [1.54, 1.807) is 11.3 Å². The summed E-state index contributed by atoms with van der Waals surface area (Å²) in [5.41, 5.74) is 2.06. The van der Waals surface area contributed by atoms with Gasteiger partial charge in [0.2, 0.25) is 0 Å². The Morgan fingerprint density at radius 3 is 3.11 bits per heavy atom. The van der Waals surface area contributed by atoms with Crippen LogP contribution >= 0.6 is 35.2 Å². The van der Waals surface area contributed by atoms with Crippen molar-refractivity contribution in [3.8, 4) is 0 Å². The van der Waals surface area contributed by atoms with Gasteiger partial charge in [0.1, 0.15) is 0 Å². The SMILES string of the molecule is CC(Cn1c(=S)[nH]c2cc(Cl)ccc21)c1nccs1. The van der Waals surface area contributed by atoms with Gasteiger partial charge < -0.3 is 9.55 Å². The predicted octanol–water partition coefficient (Wildman–Crippen LogP) is 4.61. The fourth-order valence-corrected chi connectivity index (χ4v) is 3.29. The number of aromatic amines is 1. The first-order valence-corrected chi connectivity index (χ1v) is 7.59. The molecule has 0 aliphatic rings. The Hall–Kier alpha value is -1.17. The highest BCUT2D eigenvalue weighted by Crippen LogP contribution is 2.24. The summed E-state index contributed by atoms with van der Waals surface area (Å²) < 4.78 is 2.83. The Labute approximate surface area is 124 Å². The quantitative estimate of drug-likeness (QED) is 0.717. The maximum Gasteiger partial charge on any atom is 0.178 e. The Morgan fingerprint density at radius 2 is 2.37 bits per heavy atom. The molecule has 0 saturated heterocycles. The van der Waals surface area contributed by atoms with Gasteiger partial charge in [0, 0.05) is 29.1 Å². The number of hydrogen-bond donors (Lipinski definition) is 1. The first-order valence-electron chi connectivity index (χ1n) is 5.92. The molecule has 3 aromatic rings. The number of benzene rings is 1. The molecule has 0 amide bonds. The van der Waals surface area contributed by atoms with E-state index < -0.39 is 0 Å². The molecule has 1 atom stereocenters. The Morgan fingerprint density at radius 1 is 1.53 bits per heavy atom. The summed E-state index contributed by atoms with van der Waals surface area (Å²) >= 11 is 13.1. The minimum Gasteiger partial charge on any atom is -0.331 e. The molecule has 3 nitrogen and oxygen atoms in total. The first-order chi connectivity index (χ1) is 9.15. The zero-order valence-corrected chi connectivity index (χ0v) is 12.6.